The summed E-state index contributed by atoms with van der Waals surface area (Å²) in [5, 5.41) is 17.7. The molecule has 98 valence electrons. The van der Waals surface area contributed by atoms with E-state index in [1.54, 1.807) is 4.90 Å². The molecule has 3 atom stereocenters. The Labute approximate surface area is 101 Å². The monoisotopic (exact) mass is 243 g/mol. The molecule has 0 spiro atoms. The maximum Gasteiger partial charge on any atom is 0.317 e. The molecule has 0 amide bonds. The average Bonchev–Trinajstić information content (AvgIpc) is 2.19. The van der Waals surface area contributed by atoms with E-state index < -0.39 is 11.9 Å². The molecule has 2 N–H and O–H groups in total. The van der Waals surface area contributed by atoms with Crippen molar-refractivity contribution < 1.29 is 19.8 Å². The van der Waals surface area contributed by atoms with Crippen LogP contribution in [0.3, 0.4) is 0 Å². The molecule has 0 aromatic heterocycles. The van der Waals surface area contributed by atoms with Crippen molar-refractivity contribution in [2.24, 2.45) is 11.8 Å². The summed E-state index contributed by atoms with van der Waals surface area (Å²) >= 11 is 0. The second-order valence-electron chi connectivity index (χ2n) is 5.16. The predicted molar refractivity (Wildman–Crippen MR) is 62.8 cm³/mol. The van der Waals surface area contributed by atoms with Crippen LogP contribution in [0.25, 0.3) is 0 Å². The second kappa shape index (κ2) is 6.00. The maximum absolute atomic E-state index is 10.8. The Morgan fingerprint density at radius 2 is 1.65 bits per heavy atom. The number of rotatable bonds is 5. The lowest BCUT2D eigenvalue weighted by Gasteiger charge is -2.39. The van der Waals surface area contributed by atoms with Gasteiger partial charge in [0.15, 0.2) is 0 Å². The number of carbonyl (C=O) groups is 2. The minimum atomic E-state index is -0.961. The summed E-state index contributed by atoms with van der Waals surface area (Å²) in [5.74, 6) is -1.01. The van der Waals surface area contributed by atoms with Crippen LogP contribution in [0.15, 0.2) is 0 Å². The van der Waals surface area contributed by atoms with Gasteiger partial charge in [-0.2, -0.15) is 0 Å². The number of hydrogen-bond donors (Lipinski definition) is 2. The maximum atomic E-state index is 10.8. The number of hydrogen-bond acceptors (Lipinski definition) is 3. The van der Waals surface area contributed by atoms with Gasteiger partial charge in [-0.05, 0) is 24.7 Å². The molecule has 0 aromatic carbocycles. The third-order valence-corrected chi connectivity index (χ3v) is 3.56. The lowest BCUT2D eigenvalue weighted by molar-refractivity contribution is -0.143. The van der Waals surface area contributed by atoms with Crippen LogP contribution in [0.1, 0.15) is 33.1 Å². The minimum absolute atomic E-state index is 0.0750. The topological polar surface area (TPSA) is 77.8 Å². The van der Waals surface area contributed by atoms with Crippen molar-refractivity contribution in [1.29, 1.82) is 0 Å². The Hall–Kier alpha value is -1.10. The standard InChI is InChI=1S/C12H21NO4/c1-8-3-4-9(2)10(5-8)13(6-11(14)15)7-12(16)17/h8-10H,3-7H2,1-2H3,(H,14,15)(H,16,17). The van der Waals surface area contributed by atoms with E-state index in [9.17, 15) is 9.59 Å². The first-order chi connectivity index (χ1) is 7.90. The zero-order valence-corrected chi connectivity index (χ0v) is 10.4. The zero-order valence-electron chi connectivity index (χ0n) is 10.4. The fraction of sp³-hybridized carbons (Fsp3) is 0.833. The summed E-state index contributed by atoms with van der Waals surface area (Å²) in [5.41, 5.74) is 0. The largest absolute Gasteiger partial charge is 0.480 e. The van der Waals surface area contributed by atoms with Crippen molar-refractivity contribution in [3.63, 3.8) is 0 Å². The van der Waals surface area contributed by atoms with Crippen molar-refractivity contribution in [3.8, 4) is 0 Å². The van der Waals surface area contributed by atoms with Gasteiger partial charge in [0.1, 0.15) is 0 Å². The molecular weight excluding hydrogens is 222 g/mol. The van der Waals surface area contributed by atoms with Crippen LogP contribution >= 0.6 is 0 Å². The molecule has 1 aliphatic carbocycles. The first-order valence-electron chi connectivity index (χ1n) is 6.07. The van der Waals surface area contributed by atoms with Crippen molar-refractivity contribution >= 4 is 11.9 Å². The van der Waals surface area contributed by atoms with Crippen LogP contribution in [-0.2, 0) is 9.59 Å². The van der Waals surface area contributed by atoms with Crippen molar-refractivity contribution in [1.82, 2.24) is 4.90 Å². The summed E-state index contributed by atoms with van der Waals surface area (Å²) in [6.07, 6.45) is 3.08. The highest BCUT2D eigenvalue weighted by Gasteiger charge is 2.32. The molecule has 0 radical (unpaired) electrons. The lowest BCUT2D eigenvalue weighted by Crippen LogP contribution is -2.47. The summed E-state index contributed by atoms with van der Waals surface area (Å²) in [6, 6.07) is 0.0750. The SMILES string of the molecule is CC1CCC(C)C(N(CC(=O)O)CC(=O)O)C1. The Kier molecular flexibility index (Phi) is 4.93. The van der Waals surface area contributed by atoms with E-state index in [1.807, 2.05) is 0 Å². The molecule has 0 aliphatic heterocycles. The molecule has 1 aliphatic rings. The number of aliphatic carboxylic acids is 2. The summed E-state index contributed by atoms with van der Waals surface area (Å²) in [4.78, 5) is 23.2. The molecule has 1 fully saturated rings. The molecule has 1 saturated carbocycles. The summed E-state index contributed by atoms with van der Waals surface area (Å²) in [6.45, 7) is 3.84. The average molecular weight is 243 g/mol. The van der Waals surface area contributed by atoms with Gasteiger partial charge >= 0.3 is 11.9 Å². The highest BCUT2D eigenvalue weighted by molar-refractivity contribution is 5.72. The van der Waals surface area contributed by atoms with Gasteiger partial charge in [-0.25, -0.2) is 0 Å². The van der Waals surface area contributed by atoms with E-state index in [0.29, 0.717) is 11.8 Å². The molecule has 5 heteroatoms. The predicted octanol–water partition coefficient (Wildman–Crippen LogP) is 1.28. The van der Waals surface area contributed by atoms with Crippen LogP contribution in [0.4, 0.5) is 0 Å². The molecule has 17 heavy (non-hydrogen) atoms. The third-order valence-electron chi connectivity index (χ3n) is 3.56. The van der Waals surface area contributed by atoms with Gasteiger partial charge in [0.2, 0.25) is 0 Å². The minimum Gasteiger partial charge on any atom is -0.480 e. The summed E-state index contributed by atoms with van der Waals surface area (Å²) < 4.78 is 0. The van der Waals surface area contributed by atoms with E-state index in [-0.39, 0.29) is 19.1 Å². The number of carboxylic acid groups (broad SMARTS) is 2. The Morgan fingerprint density at radius 1 is 1.12 bits per heavy atom. The highest BCUT2D eigenvalue weighted by Crippen LogP contribution is 2.31. The second-order valence-corrected chi connectivity index (χ2v) is 5.16. The number of nitrogens with zero attached hydrogens (tertiary/aromatic N) is 1. The van der Waals surface area contributed by atoms with Gasteiger partial charge in [0.25, 0.3) is 0 Å². The van der Waals surface area contributed by atoms with Crippen LogP contribution in [0.2, 0.25) is 0 Å². The van der Waals surface area contributed by atoms with Crippen LogP contribution in [0.5, 0.6) is 0 Å². The van der Waals surface area contributed by atoms with Gasteiger partial charge in [-0.3, -0.25) is 14.5 Å². The molecule has 5 nitrogen and oxygen atoms in total. The summed E-state index contributed by atoms with van der Waals surface area (Å²) in [7, 11) is 0. The van der Waals surface area contributed by atoms with Crippen molar-refractivity contribution in [2.45, 2.75) is 39.2 Å². The molecule has 0 heterocycles. The van der Waals surface area contributed by atoms with E-state index in [1.165, 1.54) is 0 Å². The van der Waals surface area contributed by atoms with Crippen molar-refractivity contribution in [2.75, 3.05) is 13.1 Å². The van der Waals surface area contributed by atoms with Gasteiger partial charge in [-0.1, -0.05) is 20.3 Å². The Balaban J connectivity index is 2.71. The van der Waals surface area contributed by atoms with Crippen molar-refractivity contribution in [3.05, 3.63) is 0 Å². The zero-order chi connectivity index (χ0) is 13.0. The molecule has 0 bridgehead atoms. The van der Waals surface area contributed by atoms with Crippen LogP contribution < -0.4 is 0 Å². The fourth-order valence-electron chi connectivity index (χ4n) is 2.65. The third kappa shape index (κ3) is 4.34. The Morgan fingerprint density at radius 3 is 2.12 bits per heavy atom. The van der Waals surface area contributed by atoms with Gasteiger partial charge in [0.05, 0.1) is 13.1 Å². The first-order valence-corrected chi connectivity index (χ1v) is 6.07. The molecule has 0 aromatic rings. The van der Waals surface area contributed by atoms with Gasteiger partial charge in [0, 0.05) is 6.04 Å². The number of carboxylic acids is 2. The first kappa shape index (κ1) is 14.0. The van der Waals surface area contributed by atoms with Crippen LogP contribution in [0, 0.1) is 11.8 Å². The van der Waals surface area contributed by atoms with E-state index >= 15 is 0 Å². The molecule has 0 saturated heterocycles. The molecular formula is C12H21NO4. The van der Waals surface area contributed by atoms with E-state index in [2.05, 4.69) is 13.8 Å². The quantitative estimate of drug-likeness (QED) is 0.760. The Bertz CT molecular complexity index is 276. The van der Waals surface area contributed by atoms with Gasteiger partial charge in [-0.15, -0.1) is 0 Å². The smallest absolute Gasteiger partial charge is 0.317 e. The fourth-order valence-corrected chi connectivity index (χ4v) is 2.65. The molecule has 3 unspecified atom stereocenters. The normalized spacial score (nSPS) is 29.2. The van der Waals surface area contributed by atoms with E-state index in [0.717, 1.165) is 19.3 Å². The highest BCUT2D eigenvalue weighted by atomic mass is 16.4. The van der Waals surface area contributed by atoms with E-state index in [4.69, 9.17) is 10.2 Å². The molecule has 1 rings (SSSR count). The lowest BCUT2D eigenvalue weighted by atomic mass is 9.79. The van der Waals surface area contributed by atoms with Crippen LogP contribution in [-0.4, -0.2) is 46.2 Å². The van der Waals surface area contributed by atoms with Gasteiger partial charge < -0.3 is 10.2 Å².